The molecule has 0 bridgehead atoms. The van der Waals surface area contributed by atoms with Crippen molar-refractivity contribution in [3.05, 3.63) is 63.4 Å². The van der Waals surface area contributed by atoms with Crippen LogP contribution in [-0.2, 0) is 17.0 Å². The number of halogens is 1. The van der Waals surface area contributed by atoms with Crippen molar-refractivity contribution in [1.29, 1.82) is 0 Å². The van der Waals surface area contributed by atoms with Gasteiger partial charge in [-0.25, -0.2) is 4.98 Å². The summed E-state index contributed by atoms with van der Waals surface area (Å²) in [6, 6.07) is 13.1. The number of methoxy groups -OCH3 is 1. The van der Waals surface area contributed by atoms with E-state index < -0.39 is 0 Å². The molecule has 3 aromatic rings. The average molecular weight is 433 g/mol. The third-order valence-corrected chi connectivity index (χ3v) is 5.67. The number of benzene rings is 2. The molecule has 0 amide bonds. The third kappa shape index (κ3) is 5.75. The van der Waals surface area contributed by atoms with Gasteiger partial charge >= 0.3 is 0 Å². The van der Waals surface area contributed by atoms with Crippen LogP contribution in [0.2, 0.25) is 5.02 Å². The molecular formula is C22H25ClN2O3S. The topological polar surface area (TPSA) is 53.3 Å². The zero-order valence-corrected chi connectivity index (χ0v) is 18.4. The molecule has 154 valence electrons. The lowest BCUT2D eigenvalue weighted by Crippen LogP contribution is -2.24. The van der Waals surface area contributed by atoms with Crippen LogP contribution in [0.1, 0.15) is 25.8 Å². The zero-order chi connectivity index (χ0) is 20.8. The number of hydrogen-bond donors (Lipinski definition) is 0. The highest BCUT2D eigenvalue weighted by molar-refractivity contribution is 7.98. The molecule has 0 saturated heterocycles. The van der Waals surface area contributed by atoms with E-state index >= 15 is 0 Å². The molecule has 0 aliphatic rings. The Balaban J connectivity index is 1.86. The molecule has 3 rings (SSSR count). The Hall–Kier alpha value is -2.02. The SMILES string of the molecule is COc1ccc(CSc2nc3cc(Cl)ccc3c(=O)n2CCCOC(C)C)cc1. The van der Waals surface area contributed by atoms with Gasteiger partial charge in [0.25, 0.3) is 5.56 Å². The molecule has 0 unspecified atom stereocenters. The number of thioether (sulfide) groups is 1. The zero-order valence-electron chi connectivity index (χ0n) is 16.9. The van der Waals surface area contributed by atoms with Crippen LogP contribution in [0, 0.1) is 0 Å². The Labute approximate surface area is 180 Å². The van der Waals surface area contributed by atoms with E-state index in [-0.39, 0.29) is 11.7 Å². The number of hydrogen-bond acceptors (Lipinski definition) is 5. The first-order valence-electron chi connectivity index (χ1n) is 9.55. The third-order valence-electron chi connectivity index (χ3n) is 4.39. The summed E-state index contributed by atoms with van der Waals surface area (Å²) in [6.45, 7) is 5.17. The second-order valence-corrected chi connectivity index (χ2v) is 8.30. The first kappa shape index (κ1) is 21.7. The van der Waals surface area contributed by atoms with Crippen LogP contribution in [0.4, 0.5) is 0 Å². The number of ether oxygens (including phenoxy) is 2. The van der Waals surface area contributed by atoms with Gasteiger partial charge in [-0.3, -0.25) is 9.36 Å². The standard InChI is InChI=1S/C22H25ClN2O3S/c1-15(2)28-12-4-11-25-21(26)19-10-7-17(23)13-20(19)24-22(25)29-14-16-5-8-18(27-3)9-6-16/h5-10,13,15H,4,11-12,14H2,1-3H3. The van der Waals surface area contributed by atoms with Crippen molar-refractivity contribution < 1.29 is 9.47 Å². The molecule has 0 aliphatic carbocycles. The second kappa shape index (κ2) is 10.1. The predicted molar refractivity (Wildman–Crippen MR) is 119 cm³/mol. The fourth-order valence-corrected chi connectivity index (χ4v) is 4.04. The second-order valence-electron chi connectivity index (χ2n) is 6.92. The highest BCUT2D eigenvalue weighted by Crippen LogP contribution is 2.24. The molecule has 7 heteroatoms. The summed E-state index contributed by atoms with van der Waals surface area (Å²) in [5.74, 6) is 1.52. The Morgan fingerprint density at radius 3 is 2.62 bits per heavy atom. The van der Waals surface area contributed by atoms with Gasteiger partial charge in [0, 0.05) is 23.9 Å². The molecule has 0 fully saturated rings. The Morgan fingerprint density at radius 1 is 1.17 bits per heavy atom. The van der Waals surface area contributed by atoms with Crippen molar-refractivity contribution in [1.82, 2.24) is 9.55 Å². The van der Waals surface area contributed by atoms with Crippen LogP contribution in [-0.4, -0.2) is 29.4 Å². The van der Waals surface area contributed by atoms with Crippen molar-refractivity contribution in [3.63, 3.8) is 0 Å². The summed E-state index contributed by atoms with van der Waals surface area (Å²) in [5.41, 5.74) is 1.70. The molecule has 0 atom stereocenters. The fraction of sp³-hybridized carbons (Fsp3) is 0.364. The predicted octanol–water partition coefficient (Wildman–Crippen LogP) is 5.17. The van der Waals surface area contributed by atoms with E-state index in [4.69, 9.17) is 26.1 Å². The van der Waals surface area contributed by atoms with E-state index in [0.29, 0.717) is 40.0 Å². The monoisotopic (exact) mass is 432 g/mol. The van der Waals surface area contributed by atoms with Gasteiger partial charge in [-0.15, -0.1) is 0 Å². The smallest absolute Gasteiger partial charge is 0.262 e. The van der Waals surface area contributed by atoms with Gasteiger partial charge in [0.2, 0.25) is 0 Å². The minimum atomic E-state index is -0.0477. The lowest BCUT2D eigenvalue weighted by Gasteiger charge is -2.14. The lowest BCUT2D eigenvalue weighted by atomic mass is 10.2. The van der Waals surface area contributed by atoms with Crippen molar-refractivity contribution in [2.45, 2.75) is 43.8 Å². The van der Waals surface area contributed by atoms with Crippen LogP contribution in [0.3, 0.4) is 0 Å². The minimum absolute atomic E-state index is 0.0477. The highest BCUT2D eigenvalue weighted by Gasteiger charge is 2.12. The molecule has 5 nitrogen and oxygen atoms in total. The lowest BCUT2D eigenvalue weighted by molar-refractivity contribution is 0.0743. The number of aromatic nitrogens is 2. The van der Waals surface area contributed by atoms with Gasteiger partial charge < -0.3 is 9.47 Å². The largest absolute Gasteiger partial charge is 0.497 e. The van der Waals surface area contributed by atoms with E-state index in [1.54, 1.807) is 29.9 Å². The molecule has 0 saturated carbocycles. The van der Waals surface area contributed by atoms with E-state index in [9.17, 15) is 4.79 Å². The number of nitrogens with zero attached hydrogens (tertiary/aromatic N) is 2. The van der Waals surface area contributed by atoms with Crippen LogP contribution >= 0.6 is 23.4 Å². The van der Waals surface area contributed by atoms with Gasteiger partial charge in [-0.1, -0.05) is 35.5 Å². The van der Waals surface area contributed by atoms with Gasteiger partial charge in [-0.2, -0.15) is 0 Å². The maximum absolute atomic E-state index is 13.1. The molecule has 0 N–H and O–H groups in total. The number of fused-ring (bicyclic) bond motifs is 1. The van der Waals surface area contributed by atoms with E-state index in [1.807, 2.05) is 38.1 Å². The Kier molecular flexibility index (Phi) is 7.58. The van der Waals surface area contributed by atoms with Crippen LogP contribution in [0.25, 0.3) is 10.9 Å². The Morgan fingerprint density at radius 2 is 1.93 bits per heavy atom. The van der Waals surface area contributed by atoms with Crippen molar-refractivity contribution in [3.8, 4) is 5.75 Å². The molecule has 0 radical (unpaired) electrons. The molecular weight excluding hydrogens is 408 g/mol. The average Bonchev–Trinajstić information content (AvgIpc) is 2.71. The van der Waals surface area contributed by atoms with E-state index in [1.165, 1.54) is 11.8 Å². The first-order chi connectivity index (χ1) is 14.0. The summed E-state index contributed by atoms with van der Waals surface area (Å²) < 4.78 is 12.6. The number of rotatable bonds is 9. The normalized spacial score (nSPS) is 11.3. The first-order valence-corrected chi connectivity index (χ1v) is 10.9. The van der Waals surface area contributed by atoms with Gasteiger partial charge in [0.1, 0.15) is 5.75 Å². The summed E-state index contributed by atoms with van der Waals surface area (Å²) >= 11 is 7.65. The van der Waals surface area contributed by atoms with Crippen molar-refractivity contribution in [2.75, 3.05) is 13.7 Å². The molecule has 0 spiro atoms. The summed E-state index contributed by atoms with van der Waals surface area (Å²) in [7, 11) is 1.65. The summed E-state index contributed by atoms with van der Waals surface area (Å²) in [4.78, 5) is 17.8. The fourth-order valence-electron chi connectivity index (χ4n) is 2.89. The minimum Gasteiger partial charge on any atom is -0.497 e. The quantitative estimate of drug-likeness (QED) is 0.265. The summed E-state index contributed by atoms with van der Waals surface area (Å²) in [5, 5.41) is 1.83. The van der Waals surface area contributed by atoms with Crippen LogP contribution < -0.4 is 10.3 Å². The van der Waals surface area contributed by atoms with E-state index in [2.05, 4.69) is 0 Å². The van der Waals surface area contributed by atoms with Crippen molar-refractivity contribution in [2.24, 2.45) is 0 Å². The van der Waals surface area contributed by atoms with Crippen molar-refractivity contribution >= 4 is 34.3 Å². The Bertz CT molecular complexity index is 1020. The van der Waals surface area contributed by atoms with Crippen LogP contribution in [0.5, 0.6) is 5.75 Å². The van der Waals surface area contributed by atoms with Crippen LogP contribution in [0.15, 0.2) is 52.4 Å². The maximum Gasteiger partial charge on any atom is 0.262 e. The molecule has 0 aliphatic heterocycles. The van der Waals surface area contributed by atoms with Gasteiger partial charge in [0.15, 0.2) is 5.16 Å². The van der Waals surface area contributed by atoms with Gasteiger partial charge in [0.05, 0.1) is 24.1 Å². The molecule has 29 heavy (non-hydrogen) atoms. The highest BCUT2D eigenvalue weighted by atomic mass is 35.5. The molecule has 1 aromatic heterocycles. The maximum atomic E-state index is 13.1. The molecule has 1 heterocycles. The van der Waals surface area contributed by atoms with Gasteiger partial charge in [-0.05, 0) is 56.2 Å². The summed E-state index contributed by atoms with van der Waals surface area (Å²) in [6.07, 6.45) is 0.919. The molecule has 2 aromatic carbocycles. The van der Waals surface area contributed by atoms with E-state index in [0.717, 1.165) is 17.7 Å².